The summed E-state index contributed by atoms with van der Waals surface area (Å²) in [5.41, 5.74) is 0. The third-order valence-corrected chi connectivity index (χ3v) is 0.945. The molecule has 0 radical (unpaired) electrons. The summed E-state index contributed by atoms with van der Waals surface area (Å²) in [6.45, 7) is 3.35. The molecule has 0 saturated carbocycles. The predicted molar refractivity (Wildman–Crippen MR) is 29.0 cm³/mol. The summed E-state index contributed by atoms with van der Waals surface area (Å²) < 4.78 is 0. The number of hydrogen-bond acceptors (Lipinski definition) is 1. The van der Waals surface area contributed by atoms with Crippen molar-refractivity contribution in [2.24, 2.45) is 0 Å². The smallest absolute Gasteiger partial charge is 0.137 e. The Morgan fingerprint density at radius 2 is 2.33 bits per heavy atom. The predicted octanol–water partition coefficient (Wildman–Crippen LogP) is 1.13. The van der Waals surface area contributed by atoms with Crippen molar-refractivity contribution in [3.63, 3.8) is 0 Å². The SMILES string of the molecule is C=CC(Br)C=O. The van der Waals surface area contributed by atoms with Crippen molar-refractivity contribution in [2.75, 3.05) is 0 Å². The van der Waals surface area contributed by atoms with Gasteiger partial charge in [0.15, 0.2) is 0 Å². The third kappa shape index (κ3) is 2.15. The van der Waals surface area contributed by atoms with Gasteiger partial charge < -0.3 is 4.79 Å². The van der Waals surface area contributed by atoms with Gasteiger partial charge in [0.1, 0.15) is 6.29 Å². The summed E-state index contributed by atoms with van der Waals surface area (Å²) in [4.78, 5) is 9.45. The summed E-state index contributed by atoms with van der Waals surface area (Å²) in [5.74, 6) is 0. The van der Waals surface area contributed by atoms with Gasteiger partial charge in [0, 0.05) is 0 Å². The van der Waals surface area contributed by atoms with Crippen LogP contribution in [0.2, 0.25) is 0 Å². The Morgan fingerprint density at radius 1 is 1.83 bits per heavy atom. The zero-order chi connectivity index (χ0) is 4.99. The van der Waals surface area contributed by atoms with Crippen LogP contribution in [0.3, 0.4) is 0 Å². The Kier molecular flexibility index (Phi) is 3.04. The van der Waals surface area contributed by atoms with E-state index in [2.05, 4.69) is 22.5 Å². The van der Waals surface area contributed by atoms with Gasteiger partial charge in [-0.15, -0.1) is 6.58 Å². The number of halogens is 1. The molecule has 0 saturated heterocycles. The molecule has 0 heterocycles. The molecule has 0 spiro atoms. The largest absolute Gasteiger partial charge is 0.302 e. The van der Waals surface area contributed by atoms with Gasteiger partial charge in [0.25, 0.3) is 0 Å². The maximum Gasteiger partial charge on any atom is 0.137 e. The molecule has 0 N–H and O–H groups in total. The van der Waals surface area contributed by atoms with E-state index in [1.165, 1.54) is 6.08 Å². The molecule has 1 unspecified atom stereocenters. The number of alkyl halides is 1. The minimum Gasteiger partial charge on any atom is -0.302 e. The van der Waals surface area contributed by atoms with Crippen molar-refractivity contribution in [1.29, 1.82) is 0 Å². The highest BCUT2D eigenvalue weighted by Gasteiger charge is 1.87. The summed E-state index contributed by atoms with van der Waals surface area (Å²) in [5, 5.41) is 0. The third-order valence-electron chi connectivity index (χ3n) is 0.355. The van der Waals surface area contributed by atoms with Gasteiger partial charge in [-0.2, -0.15) is 0 Å². The molecule has 0 amide bonds. The van der Waals surface area contributed by atoms with Crippen LogP contribution in [-0.4, -0.2) is 11.1 Å². The van der Waals surface area contributed by atoms with E-state index < -0.39 is 0 Å². The number of carbonyl (C=O) groups excluding carboxylic acids is 1. The van der Waals surface area contributed by atoms with Crippen LogP contribution in [0.25, 0.3) is 0 Å². The summed E-state index contributed by atoms with van der Waals surface area (Å²) in [7, 11) is 0. The average molecular weight is 149 g/mol. The lowest BCUT2D eigenvalue weighted by molar-refractivity contribution is -0.106. The summed E-state index contributed by atoms with van der Waals surface area (Å²) >= 11 is 2.99. The van der Waals surface area contributed by atoms with E-state index in [0.717, 1.165) is 6.29 Å². The van der Waals surface area contributed by atoms with Gasteiger partial charge >= 0.3 is 0 Å². The number of aldehydes is 1. The zero-order valence-corrected chi connectivity index (χ0v) is 4.81. The molecule has 0 aromatic carbocycles. The van der Waals surface area contributed by atoms with Gasteiger partial charge in [-0.1, -0.05) is 22.0 Å². The van der Waals surface area contributed by atoms with Crippen LogP contribution in [0.4, 0.5) is 0 Å². The maximum absolute atomic E-state index is 9.62. The lowest BCUT2D eigenvalue weighted by Crippen LogP contribution is -1.89. The van der Waals surface area contributed by atoms with Crippen molar-refractivity contribution in [3.05, 3.63) is 12.7 Å². The lowest BCUT2D eigenvalue weighted by Gasteiger charge is -1.80. The Balaban J connectivity index is 3.21. The van der Waals surface area contributed by atoms with Gasteiger partial charge in [-0.05, 0) is 0 Å². The first-order valence-electron chi connectivity index (χ1n) is 1.53. The summed E-state index contributed by atoms with van der Waals surface area (Å²) in [6.07, 6.45) is 2.29. The van der Waals surface area contributed by atoms with Gasteiger partial charge in [0.05, 0.1) is 4.83 Å². The molecule has 0 bridgehead atoms. The van der Waals surface area contributed by atoms with E-state index in [-0.39, 0.29) is 4.83 Å². The molecule has 0 aromatic heterocycles. The van der Waals surface area contributed by atoms with Crippen molar-refractivity contribution in [1.82, 2.24) is 0 Å². The van der Waals surface area contributed by atoms with Gasteiger partial charge in [0.2, 0.25) is 0 Å². The fourth-order valence-electron chi connectivity index (χ4n) is 0.0556. The van der Waals surface area contributed by atoms with Gasteiger partial charge in [-0.25, -0.2) is 0 Å². The number of allylic oxidation sites excluding steroid dienone is 1. The molecule has 0 aliphatic heterocycles. The standard InChI is InChI=1S/C4H5BrO/c1-2-4(5)3-6/h2-4H,1H2. The fraction of sp³-hybridized carbons (Fsp3) is 0.250. The zero-order valence-electron chi connectivity index (χ0n) is 3.23. The second kappa shape index (κ2) is 3.09. The van der Waals surface area contributed by atoms with Crippen molar-refractivity contribution >= 4 is 22.2 Å². The second-order valence-corrected chi connectivity index (χ2v) is 1.87. The Labute approximate surface area is 45.2 Å². The van der Waals surface area contributed by atoms with Gasteiger partial charge in [-0.3, -0.25) is 0 Å². The number of rotatable bonds is 2. The van der Waals surface area contributed by atoms with Crippen molar-refractivity contribution < 1.29 is 4.79 Å². The second-order valence-electron chi connectivity index (χ2n) is 0.816. The van der Waals surface area contributed by atoms with Crippen LogP contribution in [-0.2, 0) is 4.79 Å². The van der Waals surface area contributed by atoms with Crippen LogP contribution < -0.4 is 0 Å². The molecule has 0 fully saturated rings. The number of carbonyl (C=O) groups is 1. The molecule has 2 heteroatoms. The highest BCUT2D eigenvalue weighted by atomic mass is 79.9. The average Bonchev–Trinajstić information content (AvgIpc) is 1.65. The van der Waals surface area contributed by atoms with E-state index in [1.54, 1.807) is 0 Å². The maximum atomic E-state index is 9.62. The van der Waals surface area contributed by atoms with Crippen molar-refractivity contribution in [2.45, 2.75) is 4.83 Å². The molecular weight excluding hydrogens is 144 g/mol. The molecule has 0 rings (SSSR count). The molecule has 1 nitrogen and oxygen atoms in total. The van der Waals surface area contributed by atoms with E-state index >= 15 is 0 Å². The molecular formula is C4H5BrO. The minimum absolute atomic E-state index is 0.169. The highest BCUT2D eigenvalue weighted by molar-refractivity contribution is 9.10. The van der Waals surface area contributed by atoms with E-state index in [4.69, 9.17) is 0 Å². The normalized spacial score (nSPS) is 12.8. The fourth-order valence-corrected chi connectivity index (χ4v) is 0.0556. The highest BCUT2D eigenvalue weighted by Crippen LogP contribution is 1.92. The molecule has 1 atom stereocenters. The first-order valence-corrected chi connectivity index (χ1v) is 2.44. The Bertz CT molecular complexity index is 52.6. The topological polar surface area (TPSA) is 17.1 Å². The van der Waals surface area contributed by atoms with E-state index in [9.17, 15) is 4.79 Å². The number of hydrogen-bond donors (Lipinski definition) is 0. The lowest BCUT2D eigenvalue weighted by atomic mass is 10.5. The monoisotopic (exact) mass is 148 g/mol. The molecule has 0 aromatic rings. The Morgan fingerprint density at radius 3 is 2.33 bits per heavy atom. The van der Waals surface area contributed by atoms with Crippen LogP contribution in [0.5, 0.6) is 0 Å². The van der Waals surface area contributed by atoms with Crippen LogP contribution in [0.15, 0.2) is 12.7 Å². The van der Waals surface area contributed by atoms with E-state index in [0.29, 0.717) is 0 Å². The first-order chi connectivity index (χ1) is 2.81. The van der Waals surface area contributed by atoms with E-state index in [1.807, 2.05) is 0 Å². The molecule has 34 valence electrons. The van der Waals surface area contributed by atoms with Crippen LogP contribution in [0.1, 0.15) is 0 Å². The molecule has 0 aliphatic carbocycles. The molecule has 6 heavy (non-hydrogen) atoms. The minimum atomic E-state index is -0.169. The Hall–Kier alpha value is -0.110. The quantitative estimate of drug-likeness (QED) is 0.326. The first kappa shape index (κ1) is 5.89. The van der Waals surface area contributed by atoms with Crippen LogP contribution in [0, 0.1) is 0 Å². The molecule has 0 aliphatic rings. The van der Waals surface area contributed by atoms with Crippen LogP contribution >= 0.6 is 15.9 Å². The van der Waals surface area contributed by atoms with Crippen molar-refractivity contribution in [3.8, 4) is 0 Å². The summed E-state index contributed by atoms with van der Waals surface area (Å²) in [6, 6.07) is 0.